The van der Waals surface area contributed by atoms with Gasteiger partial charge < -0.3 is 15.2 Å². The first kappa shape index (κ1) is 17.6. The average molecular weight is 332 g/mol. The fourth-order valence-corrected chi connectivity index (χ4v) is 2.51. The Morgan fingerprint density at radius 2 is 2.17 bits per heavy atom. The summed E-state index contributed by atoms with van der Waals surface area (Å²) >= 11 is 0. The molecule has 128 valence electrons. The molecule has 1 aromatic carbocycles. The highest BCUT2D eigenvalue weighted by Crippen LogP contribution is 2.17. The van der Waals surface area contributed by atoms with E-state index in [0.717, 1.165) is 11.3 Å². The molecule has 1 unspecified atom stereocenters. The van der Waals surface area contributed by atoms with Crippen molar-refractivity contribution >= 4 is 11.9 Å². The minimum Gasteiger partial charge on any atom is -0.481 e. The third kappa shape index (κ3) is 4.17. The maximum atomic E-state index is 12.5. The van der Waals surface area contributed by atoms with E-state index in [4.69, 9.17) is 9.84 Å². The Morgan fingerprint density at radius 1 is 1.42 bits per heavy atom. The summed E-state index contributed by atoms with van der Waals surface area (Å²) in [6.45, 7) is 3.54. The Labute approximate surface area is 139 Å². The summed E-state index contributed by atoms with van der Waals surface area (Å²) < 4.78 is 6.64. The molecule has 2 N–H and O–H groups in total. The number of amides is 1. The smallest absolute Gasteiger partial charge is 0.305 e. The number of hydrogen-bond donors (Lipinski definition) is 2. The molecule has 0 aliphatic carbocycles. The third-order valence-electron chi connectivity index (χ3n) is 3.56. The van der Waals surface area contributed by atoms with Crippen LogP contribution in [0.4, 0.5) is 0 Å². The number of benzene rings is 1. The normalized spacial score (nSPS) is 13.3. The van der Waals surface area contributed by atoms with Gasteiger partial charge in [0.25, 0.3) is 5.91 Å². The zero-order valence-electron chi connectivity index (χ0n) is 13.8. The summed E-state index contributed by atoms with van der Waals surface area (Å²) in [4.78, 5) is 27.5. The van der Waals surface area contributed by atoms with Crippen LogP contribution in [0.5, 0.6) is 0 Å². The lowest BCUT2D eigenvalue weighted by Crippen LogP contribution is -2.50. The van der Waals surface area contributed by atoms with Gasteiger partial charge in [-0.2, -0.15) is 5.10 Å². The maximum Gasteiger partial charge on any atom is 0.305 e. The number of carbonyl (C=O) groups excluding carboxylic acids is 1. The number of nitrogens with one attached hydrogen (secondary N) is 1. The highest BCUT2D eigenvalue weighted by atomic mass is 16.5. The molecular formula is C16H20N4O4. The number of methoxy groups -OCH3 is 1. The number of carboxylic acids is 1. The summed E-state index contributed by atoms with van der Waals surface area (Å²) in [5.74, 6) is -1.36. The maximum absolute atomic E-state index is 12.5. The number of rotatable bonds is 7. The van der Waals surface area contributed by atoms with E-state index < -0.39 is 11.5 Å². The van der Waals surface area contributed by atoms with Gasteiger partial charge in [0.05, 0.1) is 24.3 Å². The minimum absolute atomic E-state index is 0.0983. The first-order valence-corrected chi connectivity index (χ1v) is 7.33. The van der Waals surface area contributed by atoms with Gasteiger partial charge in [-0.3, -0.25) is 9.59 Å². The predicted octanol–water partition coefficient (Wildman–Crippen LogP) is 1.19. The first-order valence-electron chi connectivity index (χ1n) is 7.33. The lowest BCUT2D eigenvalue weighted by Gasteiger charge is -2.28. The molecule has 1 heterocycles. The van der Waals surface area contributed by atoms with E-state index >= 15 is 0 Å². The molecule has 8 nitrogen and oxygen atoms in total. The summed E-state index contributed by atoms with van der Waals surface area (Å²) in [6.07, 6.45) is 2.76. The van der Waals surface area contributed by atoms with Gasteiger partial charge in [-0.1, -0.05) is 0 Å². The number of carbonyl (C=O) groups is 2. The minimum atomic E-state index is -1.01. The molecule has 2 aromatic rings. The van der Waals surface area contributed by atoms with E-state index in [1.54, 1.807) is 37.0 Å². The quantitative estimate of drug-likeness (QED) is 0.789. The second-order valence-electron chi connectivity index (χ2n) is 5.86. The van der Waals surface area contributed by atoms with Crippen LogP contribution in [0.2, 0.25) is 0 Å². The fourth-order valence-electron chi connectivity index (χ4n) is 2.51. The van der Waals surface area contributed by atoms with Crippen LogP contribution >= 0.6 is 0 Å². The van der Waals surface area contributed by atoms with Gasteiger partial charge in [-0.15, -0.1) is 0 Å². The van der Waals surface area contributed by atoms with Gasteiger partial charge in [-0.05, 0) is 37.6 Å². The number of carboxylic acid groups (broad SMARTS) is 1. The fraction of sp³-hybridized carbons (Fsp3) is 0.375. The number of aromatic nitrogens is 3. The second kappa shape index (κ2) is 7.22. The highest BCUT2D eigenvalue weighted by molar-refractivity contribution is 5.96. The predicted molar refractivity (Wildman–Crippen MR) is 86.1 cm³/mol. The SMILES string of the molecule is COCC(C)(CC(=O)O)NC(=O)c1ccc(-n2cncn2)cc1C. The second-order valence-corrected chi connectivity index (χ2v) is 5.86. The Morgan fingerprint density at radius 3 is 2.71 bits per heavy atom. The number of hydrogen-bond acceptors (Lipinski definition) is 5. The van der Waals surface area contributed by atoms with Crippen LogP contribution in [-0.2, 0) is 9.53 Å². The third-order valence-corrected chi connectivity index (χ3v) is 3.56. The zero-order valence-corrected chi connectivity index (χ0v) is 13.8. The van der Waals surface area contributed by atoms with Gasteiger partial charge in [0.1, 0.15) is 12.7 Å². The van der Waals surface area contributed by atoms with Crippen LogP contribution in [0, 0.1) is 6.92 Å². The van der Waals surface area contributed by atoms with Crippen LogP contribution in [0.25, 0.3) is 5.69 Å². The van der Waals surface area contributed by atoms with Gasteiger partial charge in [-0.25, -0.2) is 9.67 Å². The molecule has 2 rings (SSSR count). The Balaban J connectivity index is 2.21. The van der Waals surface area contributed by atoms with Crippen molar-refractivity contribution in [2.45, 2.75) is 25.8 Å². The summed E-state index contributed by atoms with van der Waals surface area (Å²) in [5, 5.41) is 15.8. The Kier molecular flexibility index (Phi) is 5.30. The first-order chi connectivity index (χ1) is 11.3. The number of aliphatic carboxylic acids is 1. The average Bonchev–Trinajstić information content (AvgIpc) is 2.99. The van der Waals surface area contributed by atoms with E-state index in [1.807, 2.05) is 6.07 Å². The topological polar surface area (TPSA) is 106 Å². The van der Waals surface area contributed by atoms with Crippen LogP contribution in [0.1, 0.15) is 29.3 Å². The molecule has 1 atom stereocenters. The van der Waals surface area contributed by atoms with Crippen LogP contribution in [0.15, 0.2) is 30.9 Å². The molecule has 0 saturated carbocycles. The summed E-state index contributed by atoms with van der Waals surface area (Å²) in [6, 6.07) is 5.24. The van der Waals surface area contributed by atoms with Crippen molar-refractivity contribution in [2.75, 3.05) is 13.7 Å². The van der Waals surface area contributed by atoms with Gasteiger partial charge >= 0.3 is 5.97 Å². The molecule has 24 heavy (non-hydrogen) atoms. The van der Waals surface area contributed by atoms with Crippen molar-refractivity contribution in [1.82, 2.24) is 20.1 Å². The van der Waals surface area contributed by atoms with Gasteiger partial charge in [0.2, 0.25) is 0 Å². The monoisotopic (exact) mass is 332 g/mol. The molecule has 0 radical (unpaired) electrons. The molecule has 0 saturated heterocycles. The highest BCUT2D eigenvalue weighted by Gasteiger charge is 2.30. The van der Waals surface area contributed by atoms with E-state index in [2.05, 4.69) is 15.4 Å². The number of aryl methyl sites for hydroxylation is 1. The van der Waals surface area contributed by atoms with Crippen molar-refractivity contribution < 1.29 is 19.4 Å². The van der Waals surface area contributed by atoms with Gasteiger partial charge in [0, 0.05) is 12.7 Å². The molecule has 1 aromatic heterocycles. The molecule has 0 aliphatic heterocycles. The van der Waals surface area contributed by atoms with Crippen LogP contribution < -0.4 is 5.32 Å². The summed E-state index contributed by atoms with van der Waals surface area (Å²) in [7, 11) is 1.46. The molecule has 0 aliphatic rings. The Bertz CT molecular complexity index is 730. The van der Waals surface area contributed by atoms with Crippen molar-refractivity contribution in [1.29, 1.82) is 0 Å². The zero-order chi connectivity index (χ0) is 17.7. The molecule has 0 bridgehead atoms. The Hall–Kier alpha value is -2.74. The number of ether oxygens (including phenoxy) is 1. The van der Waals surface area contributed by atoms with E-state index in [9.17, 15) is 9.59 Å². The van der Waals surface area contributed by atoms with Crippen molar-refractivity contribution in [2.24, 2.45) is 0 Å². The summed E-state index contributed by atoms with van der Waals surface area (Å²) in [5.41, 5.74) is 1.00. The lowest BCUT2D eigenvalue weighted by molar-refractivity contribution is -0.139. The molecule has 8 heteroatoms. The van der Waals surface area contributed by atoms with Crippen molar-refractivity contribution in [3.63, 3.8) is 0 Å². The molecule has 1 amide bonds. The van der Waals surface area contributed by atoms with E-state index in [-0.39, 0.29) is 18.9 Å². The standard InChI is InChI=1S/C16H20N4O4/c1-11-6-12(20-10-17-9-18-20)4-5-13(11)15(23)19-16(2,8-24-3)7-14(21)22/h4-6,9-10H,7-8H2,1-3H3,(H,19,23)(H,21,22). The van der Waals surface area contributed by atoms with Gasteiger partial charge in [0.15, 0.2) is 0 Å². The van der Waals surface area contributed by atoms with E-state index in [0.29, 0.717) is 5.56 Å². The lowest BCUT2D eigenvalue weighted by atomic mass is 9.97. The largest absolute Gasteiger partial charge is 0.481 e. The molecule has 0 fully saturated rings. The van der Waals surface area contributed by atoms with Crippen molar-refractivity contribution in [3.05, 3.63) is 42.0 Å². The van der Waals surface area contributed by atoms with Crippen LogP contribution in [0.3, 0.4) is 0 Å². The van der Waals surface area contributed by atoms with E-state index in [1.165, 1.54) is 13.4 Å². The van der Waals surface area contributed by atoms with Crippen molar-refractivity contribution in [3.8, 4) is 5.69 Å². The molecular weight excluding hydrogens is 312 g/mol. The van der Waals surface area contributed by atoms with Crippen LogP contribution in [-0.4, -0.2) is 51.0 Å². The molecule has 0 spiro atoms. The number of nitrogens with zero attached hydrogens (tertiary/aromatic N) is 3.